The number of fused-ring (bicyclic) bond motifs is 1. The molecule has 42 heavy (non-hydrogen) atoms. The number of nitrogens with zero attached hydrogens (tertiary/aromatic N) is 3. The molecule has 0 spiro atoms. The van der Waals surface area contributed by atoms with Crippen molar-refractivity contribution in [1.29, 1.82) is 0 Å². The van der Waals surface area contributed by atoms with Gasteiger partial charge in [-0.1, -0.05) is 31.0 Å². The zero-order chi connectivity index (χ0) is 29.6. The molecule has 1 unspecified atom stereocenters. The second-order valence-corrected chi connectivity index (χ2v) is 11.2. The summed E-state index contributed by atoms with van der Waals surface area (Å²) in [6.45, 7) is 2.24. The molecule has 224 valence electrons. The average molecular weight is 578 g/mol. The van der Waals surface area contributed by atoms with Gasteiger partial charge in [0.15, 0.2) is 11.5 Å². The molecule has 2 heterocycles. The lowest BCUT2D eigenvalue weighted by Gasteiger charge is -2.34. The molecule has 1 N–H and O–H groups in total. The second-order valence-electron chi connectivity index (χ2n) is 11.2. The number of methoxy groups -OCH3 is 1. The largest absolute Gasteiger partial charge is 0.493 e. The quantitative estimate of drug-likeness (QED) is 0.327. The van der Waals surface area contributed by atoms with Crippen LogP contribution in [-0.4, -0.2) is 52.0 Å². The van der Waals surface area contributed by atoms with Crippen LogP contribution < -0.4 is 25.5 Å². The normalized spacial score (nSPS) is 15.4. The van der Waals surface area contributed by atoms with E-state index in [4.69, 9.17) is 14.2 Å². The van der Waals surface area contributed by atoms with E-state index in [0.29, 0.717) is 30.6 Å². The Bertz CT molecular complexity index is 1520. The molecule has 2 aliphatic rings. The first-order valence-electron chi connectivity index (χ1n) is 14.6. The van der Waals surface area contributed by atoms with E-state index in [1.54, 1.807) is 14.2 Å². The third-order valence-corrected chi connectivity index (χ3v) is 8.30. The van der Waals surface area contributed by atoms with E-state index >= 15 is 0 Å². The van der Waals surface area contributed by atoms with Crippen LogP contribution in [0.25, 0.3) is 0 Å². The molecular weight excluding hydrogens is 538 g/mol. The van der Waals surface area contributed by atoms with Gasteiger partial charge in [0.1, 0.15) is 12.4 Å². The highest BCUT2D eigenvalue weighted by molar-refractivity contribution is 5.68. The van der Waals surface area contributed by atoms with E-state index in [2.05, 4.69) is 11.0 Å². The summed E-state index contributed by atoms with van der Waals surface area (Å²) in [4.78, 5) is 38.8. The number of aryl methyl sites for hydroxylation is 1. The zero-order valence-electron chi connectivity index (χ0n) is 24.3. The Kier molecular flexibility index (Phi) is 9.31. The SMILES string of the molecule is COc1cc(CN(CC2CCCC2)C(CC(=O)O)c2ccc3c(c2)CCO3)ccc1OCCn1c(=O)ccn(C)c1=O. The van der Waals surface area contributed by atoms with Crippen LogP contribution >= 0.6 is 0 Å². The summed E-state index contributed by atoms with van der Waals surface area (Å²) in [5.41, 5.74) is 2.32. The van der Waals surface area contributed by atoms with Gasteiger partial charge in [0, 0.05) is 44.9 Å². The number of aromatic nitrogens is 2. The van der Waals surface area contributed by atoms with Crippen molar-refractivity contribution in [3.63, 3.8) is 0 Å². The van der Waals surface area contributed by atoms with Crippen LogP contribution in [0, 0.1) is 5.92 Å². The van der Waals surface area contributed by atoms with E-state index in [0.717, 1.165) is 52.8 Å². The van der Waals surface area contributed by atoms with Gasteiger partial charge in [0.05, 0.1) is 26.7 Å². The van der Waals surface area contributed by atoms with E-state index in [-0.39, 0.29) is 31.2 Å². The number of rotatable bonds is 13. The van der Waals surface area contributed by atoms with E-state index in [1.807, 2.05) is 30.3 Å². The van der Waals surface area contributed by atoms with Crippen LogP contribution in [0.1, 0.15) is 54.8 Å². The third-order valence-electron chi connectivity index (χ3n) is 8.30. The average Bonchev–Trinajstić information content (AvgIpc) is 3.67. The second kappa shape index (κ2) is 13.3. The van der Waals surface area contributed by atoms with E-state index in [1.165, 1.54) is 29.7 Å². The van der Waals surface area contributed by atoms with Gasteiger partial charge in [0.2, 0.25) is 0 Å². The van der Waals surface area contributed by atoms with Crippen molar-refractivity contribution in [2.75, 3.05) is 26.9 Å². The van der Waals surface area contributed by atoms with Crippen molar-refractivity contribution in [3.8, 4) is 17.2 Å². The van der Waals surface area contributed by atoms with Crippen molar-refractivity contribution >= 4 is 5.97 Å². The first kappa shape index (κ1) is 29.4. The summed E-state index contributed by atoms with van der Waals surface area (Å²) in [5.74, 6) is 1.61. The Morgan fingerprint density at radius 1 is 1.12 bits per heavy atom. The molecule has 5 rings (SSSR count). The van der Waals surface area contributed by atoms with Crippen LogP contribution in [0.4, 0.5) is 0 Å². The Morgan fingerprint density at radius 2 is 1.93 bits per heavy atom. The first-order valence-corrected chi connectivity index (χ1v) is 14.6. The molecule has 0 bridgehead atoms. The number of carbonyl (C=O) groups is 1. The molecule has 0 amide bonds. The summed E-state index contributed by atoms with van der Waals surface area (Å²) in [6, 6.07) is 12.8. The number of carboxylic acids is 1. The molecule has 1 atom stereocenters. The molecule has 0 radical (unpaired) electrons. The number of aliphatic carboxylic acids is 1. The Hall–Kier alpha value is -4.05. The third kappa shape index (κ3) is 6.87. The summed E-state index contributed by atoms with van der Waals surface area (Å²) >= 11 is 0. The molecule has 1 aliphatic heterocycles. The molecule has 1 aliphatic carbocycles. The number of carboxylic acid groups (broad SMARTS) is 1. The minimum atomic E-state index is -0.832. The highest BCUT2D eigenvalue weighted by Gasteiger charge is 2.29. The van der Waals surface area contributed by atoms with Crippen LogP contribution in [0.3, 0.4) is 0 Å². The smallest absolute Gasteiger partial charge is 0.330 e. The minimum Gasteiger partial charge on any atom is -0.493 e. The predicted molar refractivity (Wildman–Crippen MR) is 157 cm³/mol. The lowest BCUT2D eigenvalue weighted by molar-refractivity contribution is -0.138. The standard InChI is InChI=1S/C32H39N3O7/c1-33-13-11-30(36)35(32(33)39)14-16-42-28-9-7-23(17-29(28)40-2)21-34(20-22-5-3-4-6-22)26(19-31(37)38)24-8-10-27-25(18-24)12-15-41-27/h7-11,13,17-18,22,26H,3-6,12,14-16,19-21H2,1-2H3,(H,37,38). The van der Waals surface area contributed by atoms with Gasteiger partial charge in [-0.25, -0.2) is 4.79 Å². The number of hydrogen-bond donors (Lipinski definition) is 1. The maximum absolute atomic E-state index is 12.3. The van der Waals surface area contributed by atoms with Gasteiger partial charge in [-0.15, -0.1) is 0 Å². The topological polar surface area (TPSA) is 112 Å². The zero-order valence-corrected chi connectivity index (χ0v) is 24.3. The monoisotopic (exact) mass is 577 g/mol. The Balaban J connectivity index is 1.36. The van der Waals surface area contributed by atoms with Gasteiger partial charge >= 0.3 is 11.7 Å². The fourth-order valence-corrected chi connectivity index (χ4v) is 6.09. The minimum absolute atomic E-state index is 0.00299. The summed E-state index contributed by atoms with van der Waals surface area (Å²) in [7, 11) is 3.16. The molecule has 2 aromatic carbocycles. The van der Waals surface area contributed by atoms with E-state index in [9.17, 15) is 19.5 Å². The number of ether oxygens (including phenoxy) is 3. The van der Waals surface area contributed by atoms with Gasteiger partial charge in [-0.2, -0.15) is 0 Å². The molecule has 1 saturated carbocycles. The maximum atomic E-state index is 12.3. The molecule has 0 saturated heterocycles. The lowest BCUT2D eigenvalue weighted by atomic mass is 9.96. The molecule has 10 nitrogen and oxygen atoms in total. The van der Waals surface area contributed by atoms with Gasteiger partial charge in [0.25, 0.3) is 5.56 Å². The highest BCUT2D eigenvalue weighted by Crippen LogP contribution is 2.36. The number of benzene rings is 2. The summed E-state index contributed by atoms with van der Waals surface area (Å²) < 4.78 is 19.7. The number of hydrogen-bond acceptors (Lipinski definition) is 7. The van der Waals surface area contributed by atoms with Crippen molar-refractivity contribution in [2.45, 2.75) is 57.7 Å². The van der Waals surface area contributed by atoms with Crippen molar-refractivity contribution < 1.29 is 24.1 Å². The van der Waals surface area contributed by atoms with Gasteiger partial charge in [-0.05, 0) is 53.6 Å². The lowest BCUT2D eigenvalue weighted by Crippen LogP contribution is -2.39. The fraction of sp³-hybridized carbons (Fsp3) is 0.469. The molecule has 3 aromatic rings. The first-order chi connectivity index (χ1) is 20.3. The highest BCUT2D eigenvalue weighted by atomic mass is 16.5. The molecular formula is C32H39N3O7. The van der Waals surface area contributed by atoms with Crippen LogP contribution in [0.15, 0.2) is 58.3 Å². The molecule has 10 heteroatoms. The predicted octanol–water partition coefficient (Wildman–Crippen LogP) is 3.78. The van der Waals surface area contributed by atoms with Crippen molar-refractivity contribution in [1.82, 2.24) is 14.0 Å². The molecule has 1 fully saturated rings. The van der Waals surface area contributed by atoms with Crippen LogP contribution in [-0.2, 0) is 31.4 Å². The summed E-state index contributed by atoms with van der Waals surface area (Å²) in [6.07, 6.45) is 7.00. The van der Waals surface area contributed by atoms with Gasteiger partial charge < -0.3 is 23.9 Å². The Labute approximate surface area is 245 Å². The molecule has 1 aromatic heterocycles. The van der Waals surface area contributed by atoms with Gasteiger partial charge in [-0.3, -0.25) is 19.1 Å². The van der Waals surface area contributed by atoms with E-state index < -0.39 is 11.7 Å². The van der Waals surface area contributed by atoms with Crippen molar-refractivity contribution in [2.24, 2.45) is 13.0 Å². The maximum Gasteiger partial charge on any atom is 0.330 e. The van der Waals surface area contributed by atoms with Crippen molar-refractivity contribution in [3.05, 3.63) is 86.2 Å². The van der Waals surface area contributed by atoms with Crippen LogP contribution in [0.5, 0.6) is 17.2 Å². The fourth-order valence-electron chi connectivity index (χ4n) is 6.09. The summed E-state index contributed by atoms with van der Waals surface area (Å²) in [5, 5.41) is 9.92. The Morgan fingerprint density at radius 3 is 2.69 bits per heavy atom. The van der Waals surface area contributed by atoms with Crippen LogP contribution in [0.2, 0.25) is 0 Å².